The van der Waals surface area contributed by atoms with Gasteiger partial charge in [-0.1, -0.05) is 12.8 Å². The Balaban J connectivity index is 1.29. The second-order valence-corrected chi connectivity index (χ2v) is 8.59. The zero-order valence-electron chi connectivity index (χ0n) is 13.9. The van der Waals surface area contributed by atoms with Crippen LogP contribution in [-0.4, -0.2) is 37.1 Å². The van der Waals surface area contributed by atoms with Crippen LogP contribution in [0.4, 0.5) is 0 Å². The molecular formula is C19H31NO2. The van der Waals surface area contributed by atoms with Crippen molar-refractivity contribution in [2.75, 3.05) is 26.2 Å². The van der Waals surface area contributed by atoms with Crippen LogP contribution < -0.4 is 0 Å². The van der Waals surface area contributed by atoms with Crippen LogP contribution in [-0.2, 0) is 9.53 Å². The number of carbonyl (C=O) groups is 1. The molecule has 0 aromatic rings. The first kappa shape index (κ1) is 15.0. The molecule has 4 saturated carbocycles. The number of ether oxygens (including phenoxy) is 1. The zero-order chi connectivity index (χ0) is 15.0. The van der Waals surface area contributed by atoms with Crippen LogP contribution in [0.3, 0.4) is 0 Å². The summed E-state index contributed by atoms with van der Waals surface area (Å²) in [6, 6.07) is 0. The van der Waals surface area contributed by atoms with E-state index in [1.165, 1.54) is 58.0 Å². The molecule has 22 heavy (non-hydrogen) atoms. The first-order valence-electron chi connectivity index (χ1n) is 9.63. The number of nitrogens with zero attached hydrogens (tertiary/aromatic N) is 1. The van der Waals surface area contributed by atoms with Crippen molar-refractivity contribution >= 4 is 5.97 Å². The van der Waals surface area contributed by atoms with Crippen LogP contribution in [0.15, 0.2) is 0 Å². The number of rotatable bonds is 4. The topological polar surface area (TPSA) is 29.5 Å². The molecular weight excluding hydrogens is 274 g/mol. The third kappa shape index (κ3) is 2.93. The minimum absolute atomic E-state index is 0.0759. The Bertz CT molecular complexity index is 376. The average Bonchev–Trinajstić information content (AvgIpc) is 2.74. The maximum Gasteiger partial charge on any atom is 0.312 e. The van der Waals surface area contributed by atoms with Crippen LogP contribution in [0, 0.1) is 23.2 Å². The fourth-order valence-corrected chi connectivity index (χ4v) is 6.14. The van der Waals surface area contributed by atoms with Gasteiger partial charge < -0.3 is 4.74 Å². The van der Waals surface area contributed by atoms with Crippen molar-refractivity contribution in [2.24, 2.45) is 23.2 Å². The summed E-state index contributed by atoms with van der Waals surface area (Å²) in [4.78, 5) is 15.3. The normalized spacial score (nSPS) is 41.4. The summed E-state index contributed by atoms with van der Waals surface area (Å²) < 4.78 is 5.79. The van der Waals surface area contributed by atoms with Crippen LogP contribution >= 0.6 is 0 Å². The maximum atomic E-state index is 12.8. The van der Waals surface area contributed by atoms with Gasteiger partial charge in [-0.2, -0.15) is 0 Å². The van der Waals surface area contributed by atoms with Crippen LogP contribution in [0.1, 0.15) is 64.2 Å². The highest BCUT2D eigenvalue weighted by Gasteiger charge is 2.55. The van der Waals surface area contributed by atoms with E-state index in [9.17, 15) is 4.79 Å². The predicted octanol–water partition coefficient (Wildman–Crippen LogP) is 3.62. The average molecular weight is 305 g/mol. The predicted molar refractivity (Wildman–Crippen MR) is 86.5 cm³/mol. The highest BCUT2D eigenvalue weighted by Crippen LogP contribution is 2.60. The Hall–Kier alpha value is -0.570. The molecule has 5 fully saturated rings. The van der Waals surface area contributed by atoms with E-state index in [1.54, 1.807) is 0 Å². The summed E-state index contributed by atoms with van der Waals surface area (Å²) in [7, 11) is 0. The summed E-state index contributed by atoms with van der Waals surface area (Å²) in [5.74, 6) is 2.62. The molecule has 0 aromatic heterocycles. The SMILES string of the molecule is O=C(OCCN1CCCCCC1)C12CC3CC(CC(C3)C1)C2. The molecule has 4 bridgehead atoms. The summed E-state index contributed by atoms with van der Waals surface area (Å²) >= 11 is 0. The number of hydrogen-bond donors (Lipinski definition) is 0. The van der Waals surface area contributed by atoms with Crippen LogP contribution in [0.25, 0.3) is 0 Å². The molecule has 0 atom stereocenters. The Morgan fingerprint density at radius 1 is 0.909 bits per heavy atom. The largest absolute Gasteiger partial charge is 0.464 e. The van der Waals surface area contributed by atoms with Gasteiger partial charge in [-0.3, -0.25) is 9.69 Å². The lowest BCUT2D eigenvalue weighted by atomic mass is 9.49. The number of likely N-dealkylation sites (tertiary alicyclic amines) is 1. The minimum atomic E-state index is -0.0759. The second-order valence-electron chi connectivity index (χ2n) is 8.59. The third-order valence-electron chi connectivity index (χ3n) is 6.81. The van der Waals surface area contributed by atoms with E-state index in [4.69, 9.17) is 4.74 Å². The van der Waals surface area contributed by atoms with E-state index in [2.05, 4.69) is 4.90 Å². The van der Waals surface area contributed by atoms with Crippen molar-refractivity contribution in [1.82, 2.24) is 4.90 Å². The molecule has 1 heterocycles. The fourth-order valence-electron chi connectivity index (χ4n) is 6.14. The molecule has 1 aliphatic heterocycles. The molecule has 5 aliphatic rings. The summed E-state index contributed by atoms with van der Waals surface area (Å²) in [6.45, 7) is 3.93. The standard InChI is InChI=1S/C19H31NO2/c21-18(22-8-7-20-5-3-1-2-4-6-20)19-12-15-9-16(13-19)11-17(10-15)14-19/h15-17H,1-14H2. The van der Waals surface area contributed by atoms with Gasteiger partial charge in [0.25, 0.3) is 0 Å². The van der Waals surface area contributed by atoms with Gasteiger partial charge in [0.2, 0.25) is 0 Å². The Kier molecular flexibility index (Phi) is 4.19. The van der Waals surface area contributed by atoms with Crippen molar-refractivity contribution in [3.8, 4) is 0 Å². The first-order chi connectivity index (χ1) is 10.7. The first-order valence-corrected chi connectivity index (χ1v) is 9.63. The van der Waals surface area contributed by atoms with Crippen LogP contribution in [0.5, 0.6) is 0 Å². The van der Waals surface area contributed by atoms with E-state index >= 15 is 0 Å². The lowest BCUT2D eigenvalue weighted by molar-refractivity contribution is -0.171. The Morgan fingerprint density at radius 2 is 1.45 bits per heavy atom. The maximum absolute atomic E-state index is 12.8. The Labute approximate surface area is 134 Å². The van der Waals surface area contributed by atoms with Crippen LogP contribution in [0.2, 0.25) is 0 Å². The summed E-state index contributed by atoms with van der Waals surface area (Å²) in [6.07, 6.45) is 12.9. The molecule has 0 amide bonds. The molecule has 1 saturated heterocycles. The third-order valence-corrected chi connectivity index (χ3v) is 6.81. The van der Waals surface area contributed by atoms with E-state index in [1.807, 2.05) is 0 Å². The molecule has 0 aromatic carbocycles. The van der Waals surface area contributed by atoms with Crippen molar-refractivity contribution < 1.29 is 9.53 Å². The van der Waals surface area contributed by atoms with Gasteiger partial charge in [0.1, 0.15) is 6.61 Å². The second kappa shape index (κ2) is 6.14. The molecule has 3 nitrogen and oxygen atoms in total. The highest BCUT2D eigenvalue weighted by molar-refractivity contribution is 5.77. The molecule has 124 valence electrons. The number of hydrogen-bond acceptors (Lipinski definition) is 3. The smallest absolute Gasteiger partial charge is 0.312 e. The summed E-state index contributed by atoms with van der Waals surface area (Å²) in [5.41, 5.74) is -0.0759. The van der Waals surface area contributed by atoms with Gasteiger partial charge in [0.05, 0.1) is 5.41 Å². The van der Waals surface area contributed by atoms with Crippen molar-refractivity contribution in [3.63, 3.8) is 0 Å². The quantitative estimate of drug-likeness (QED) is 0.743. The molecule has 5 rings (SSSR count). The molecule has 0 radical (unpaired) electrons. The van der Waals surface area contributed by atoms with E-state index < -0.39 is 0 Å². The van der Waals surface area contributed by atoms with Gasteiger partial charge >= 0.3 is 5.97 Å². The molecule has 4 aliphatic carbocycles. The lowest BCUT2D eigenvalue weighted by Gasteiger charge is -2.55. The van der Waals surface area contributed by atoms with Crippen molar-refractivity contribution in [3.05, 3.63) is 0 Å². The van der Waals surface area contributed by atoms with Gasteiger partial charge in [0, 0.05) is 6.54 Å². The summed E-state index contributed by atoms with van der Waals surface area (Å²) in [5, 5.41) is 0. The van der Waals surface area contributed by atoms with E-state index in [0.29, 0.717) is 6.61 Å². The molecule has 3 heteroatoms. The Morgan fingerprint density at radius 3 is 2.00 bits per heavy atom. The van der Waals surface area contributed by atoms with Gasteiger partial charge in [-0.25, -0.2) is 0 Å². The van der Waals surface area contributed by atoms with Crippen molar-refractivity contribution in [1.29, 1.82) is 0 Å². The molecule has 0 spiro atoms. The monoisotopic (exact) mass is 305 g/mol. The van der Waals surface area contributed by atoms with E-state index in [-0.39, 0.29) is 11.4 Å². The highest BCUT2D eigenvalue weighted by atomic mass is 16.5. The van der Waals surface area contributed by atoms with Crippen molar-refractivity contribution in [2.45, 2.75) is 64.2 Å². The number of esters is 1. The molecule has 0 unspecified atom stereocenters. The van der Waals surface area contributed by atoms with Gasteiger partial charge in [0.15, 0.2) is 0 Å². The lowest BCUT2D eigenvalue weighted by Crippen LogP contribution is -2.50. The number of carbonyl (C=O) groups excluding carboxylic acids is 1. The molecule has 0 N–H and O–H groups in total. The van der Waals surface area contributed by atoms with Gasteiger partial charge in [-0.05, 0) is 82.2 Å². The van der Waals surface area contributed by atoms with Gasteiger partial charge in [-0.15, -0.1) is 0 Å². The zero-order valence-corrected chi connectivity index (χ0v) is 13.9. The fraction of sp³-hybridized carbons (Fsp3) is 0.947. The minimum Gasteiger partial charge on any atom is -0.464 e. The van der Waals surface area contributed by atoms with E-state index in [0.717, 1.165) is 43.6 Å².